The maximum Gasteiger partial charge on any atom is 0.417 e. The number of halogens is 3. The van der Waals surface area contributed by atoms with E-state index in [9.17, 15) is 30.9 Å². The molecule has 1 aliphatic carbocycles. The van der Waals surface area contributed by atoms with Gasteiger partial charge < -0.3 is 4.90 Å². The van der Waals surface area contributed by atoms with Crippen LogP contribution in [-0.2, 0) is 21.1 Å². The van der Waals surface area contributed by atoms with Gasteiger partial charge in [0.1, 0.15) is 10.8 Å². The third-order valence-corrected chi connectivity index (χ3v) is 8.14. The highest BCUT2D eigenvalue weighted by Gasteiger charge is 2.60. The van der Waals surface area contributed by atoms with E-state index in [4.69, 9.17) is 5.26 Å². The van der Waals surface area contributed by atoms with E-state index in [1.165, 1.54) is 36.1 Å². The highest BCUT2D eigenvalue weighted by Crippen LogP contribution is 2.50. The molecule has 2 atom stereocenters. The molecule has 2 aromatic carbocycles. The lowest BCUT2D eigenvalue weighted by atomic mass is 9.75. The zero-order valence-electron chi connectivity index (χ0n) is 17.8. The number of carbonyl (C=O) groups is 1. The van der Waals surface area contributed by atoms with Gasteiger partial charge in [0.05, 0.1) is 17.2 Å². The number of hydrogen-bond donors (Lipinski definition) is 2. The van der Waals surface area contributed by atoms with Crippen LogP contribution in [0.1, 0.15) is 48.1 Å². The second-order valence-corrected chi connectivity index (χ2v) is 10.6. The molecule has 1 amide bonds. The lowest BCUT2D eigenvalue weighted by Gasteiger charge is -2.44. The summed E-state index contributed by atoms with van der Waals surface area (Å²) in [5, 5.41) is 7.92. The van der Waals surface area contributed by atoms with Gasteiger partial charge in [-0.1, -0.05) is 12.1 Å². The minimum Gasteiger partial charge on any atom is -0.328 e. The van der Waals surface area contributed by atoms with Crippen molar-refractivity contribution in [3.63, 3.8) is 0 Å². The van der Waals surface area contributed by atoms with Gasteiger partial charge in [0, 0.05) is 11.4 Å². The molecule has 2 unspecified atom stereocenters. The topological polar surface area (TPSA) is 102 Å². The van der Waals surface area contributed by atoms with E-state index in [-0.39, 0.29) is 5.69 Å². The van der Waals surface area contributed by atoms with E-state index in [2.05, 4.69) is 12.6 Å². The molecule has 0 radical (unpaired) electrons. The second-order valence-electron chi connectivity index (χ2n) is 8.36. The summed E-state index contributed by atoms with van der Waals surface area (Å²) in [6.45, 7) is 1.34. The van der Waals surface area contributed by atoms with Gasteiger partial charge in [-0.15, -0.1) is 12.6 Å². The van der Waals surface area contributed by atoms with Crippen LogP contribution in [0.3, 0.4) is 0 Å². The molecule has 1 spiro atoms. The summed E-state index contributed by atoms with van der Waals surface area (Å²) >= 11 is 4.58. The van der Waals surface area contributed by atoms with E-state index in [1.54, 1.807) is 17.0 Å². The summed E-state index contributed by atoms with van der Waals surface area (Å²) in [5.74, 6) is -0.396. The third-order valence-electron chi connectivity index (χ3n) is 6.52. The molecule has 2 fully saturated rings. The van der Waals surface area contributed by atoms with Gasteiger partial charge >= 0.3 is 6.18 Å². The molecular formula is C22H20F3N3O4S2. The smallest absolute Gasteiger partial charge is 0.328 e. The van der Waals surface area contributed by atoms with Gasteiger partial charge in [0.2, 0.25) is 0 Å². The summed E-state index contributed by atoms with van der Waals surface area (Å²) < 4.78 is 72.7. The van der Waals surface area contributed by atoms with Crippen molar-refractivity contribution in [2.45, 2.75) is 48.6 Å². The van der Waals surface area contributed by atoms with Crippen molar-refractivity contribution in [1.29, 1.82) is 5.26 Å². The van der Waals surface area contributed by atoms with Crippen LogP contribution in [0.4, 0.5) is 24.5 Å². The quantitative estimate of drug-likeness (QED) is 0.463. The van der Waals surface area contributed by atoms with Crippen molar-refractivity contribution >= 4 is 40.0 Å². The third kappa shape index (κ3) is 3.81. The normalized spacial score (nSPS) is 20.9. The lowest BCUT2D eigenvalue weighted by molar-refractivity contribution is -0.137. The van der Waals surface area contributed by atoms with Crippen molar-refractivity contribution in [1.82, 2.24) is 0 Å². The van der Waals surface area contributed by atoms with Crippen molar-refractivity contribution in [2.24, 2.45) is 0 Å². The number of anilines is 2. The van der Waals surface area contributed by atoms with E-state index >= 15 is 0 Å². The highest BCUT2D eigenvalue weighted by molar-refractivity contribution is 7.86. The molecule has 7 nitrogen and oxygen atoms in total. The predicted molar refractivity (Wildman–Crippen MR) is 122 cm³/mol. The summed E-state index contributed by atoms with van der Waals surface area (Å²) in [5.41, 5.74) is -2.76. The molecule has 180 valence electrons. The number of alkyl halides is 3. The van der Waals surface area contributed by atoms with Crippen LogP contribution in [0.15, 0.2) is 42.5 Å². The number of thiol groups is 1. The van der Waals surface area contributed by atoms with Crippen molar-refractivity contribution in [3.8, 4) is 6.07 Å². The minimum absolute atomic E-state index is 0.0262. The first kappa shape index (κ1) is 24.4. The van der Waals surface area contributed by atoms with E-state index < -0.39 is 49.6 Å². The zero-order valence-corrected chi connectivity index (χ0v) is 19.5. The minimum atomic E-state index is -4.77. The fourth-order valence-corrected chi connectivity index (χ4v) is 5.55. The monoisotopic (exact) mass is 511 g/mol. The molecule has 12 heteroatoms. The van der Waals surface area contributed by atoms with Gasteiger partial charge in [-0.05, 0) is 62.1 Å². The van der Waals surface area contributed by atoms with E-state index in [0.717, 1.165) is 18.6 Å². The van der Waals surface area contributed by atoms with Gasteiger partial charge in [0.15, 0.2) is 5.50 Å². The molecule has 0 aromatic heterocycles. The van der Waals surface area contributed by atoms with Crippen LogP contribution >= 0.6 is 12.6 Å². The first-order chi connectivity index (χ1) is 15.8. The van der Waals surface area contributed by atoms with Crippen molar-refractivity contribution in [2.75, 3.05) is 9.80 Å². The fraction of sp³-hybridized carbons (Fsp3) is 0.364. The van der Waals surface area contributed by atoms with Gasteiger partial charge in [-0.2, -0.15) is 26.9 Å². The highest BCUT2D eigenvalue weighted by atomic mass is 32.2. The van der Waals surface area contributed by atoms with Crippen molar-refractivity contribution < 1.29 is 30.9 Å². The molecule has 2 aliphatic rings. The van der Waals surface area contributed by atoms with Gasteiger partial charge in [0.25, 0.3) is 16.0 Å². The maximum absolute atomic E-state index is 13.5. The first-order valence-electron chi connectivity index (χ1n) is 10.3. The largest absolute Gasteiger partial charge is 0.417 e. The van der Waals surface area contributed by atoms with Crippen LogP contribution in [0, 0.1) is 11.3 Å². The lowest BCUT2D eigenvalue weighted by Crippen LogP contribution is -2.55. The first-order valence-corrected chi connectivity index (χ1v) is 12.3. The molecule has 1 N–H and O–H groups in total. The number of carbonyl (C=O) groups excluding carboxylic acids is 1. The summed E-state index contributed by atoms with van der Waals surface area (Å²) in [7, 11) is -4.30. The van der Waals surface area contributed by atoms with Crippen LogP contribution in [-0.4, -0.2) is 29.9 Å². The van der Waals surface area contributed by atoms with Crippen LogP contribution in [0.2, 0.25) is 0 Å². The Morgan fingerprint density at radius 1 is 1.18 bits per heavy atom. The number of amides is 1. The number of nitrogens with zero attached hydrogens (tertiary/aromatic N) is 3. The Morgan fingerprint density at radius 2 is 1.76 bits per heavy atom. The average molecular weight is 512 g/mol. The average Bonchev–Trinajstić information content (AvgIpc) is 2.98. The molecule has 1 saturated carbocycles. The second kappa shape index (κ2) is 8.18. The van der Waals surface area contributed by atoms with Gasteiger partial charge in [-0.3, -0.25) is 14.2 Å². The van der Waals surface area contributed by atoms with E-state index in [0.29, 0.717) is 24.1 Å². The molecular weight excluding hydrogens is 491 g/mol. The van der Waals surface area contributed by atoms with Crippen molar-refractivity contribution in [3.05, 3.63) is 59.2 Å². The summed E-state index contributed by atoms with van der Waals surface area (Å²) in [6, 6.07) is 10.9. The molecule has 1 heterocycles. The number of benzene rings is 2. The Morgan fingerprint density at radius 3 is 2.24 bits per heavy atom. The van der Waals surface area contributed by atoms with Crippen LogP contribution in [0.25, 0.3) is 0 Å². The molecule has 1 aliphatic heterocycles. The Hall–Kier alpha value is -2.75. The van der Waals surface area contributed by atoms with Crippen LogP contribution in [0.5, 0.6) is 0 Å². The maximum atomic E-state index is 13.5. The Kier molecular flexibility index (Phi) is 5.86. The molecule has 2 aromatic rings. The molecule has 1 saturated heterocycles. The van der Waals surface area contributed by atoms with E-state index in [1.807, 2.05) is 0 Å². The standard InChI is InChI=1S/C22H20F3N3O4S2/c1-13(34(30,31)32)14-3-6-16(7-4-14)28-20(33)27(19(29)21(28)9-2-10-21)17-8-5-15(12-26)18(11-17)22(23,24)25/h3-8,11,13,20,33H,2,9-10H2,1H3,(H,30,31,32). The Bertz CT molecular complexity index is 1290. The van der Waals surface area contributed by atoms with Gasteiger partial charge in [-0.25, -0.2) is 0 Å². The predicted octanol–water partition coefficient (Wildman–Crippen LogP) is 4.52. The number of hydrogen-bond acceptors (Lipinski definition) is 6. The molecule has 4 rings (SSSR count). The number of nitriles is 1. The summed E-state index contributed by atoms with van der Waals surface area (Å²) in [4.78, 5) is 16.4. The number of rotatable bonds is 4. The zero-order chi connectivity index (χ0) is 25.1. The van der Waals surface area contributed by atoms with Crippen LogP contribution < -0.4 is 9.80 Å². The molecule has 34 heavy (non-hydrogen) atoms. The SMILES string of the molecule is CC(c1ccc(N2C(S)N(c3ccc(C#N)c(C(F)(F)F)c3)C(=O)C23CCC3)cc1)S(=O)(=O)O. The molecule has 0 bridgehead atoms. The summed E-state index contributed by atoms with van der Waals surface area (Å²) in [6.07, 6.45) is -3.07. The fourth-order valence-electron chi connectivity index (χ4n) is 4.46. The Balaban J connectivity index is 1.75. The Labute approximate surface area is 199 Å².